The summed E-state index contributed by atoms with van der Waals surface area (Å²) in [6.45, 7) is 3.49. The summed E-state index contributed by atoms with van der Waals surface area (Å²) in [5, 5.41) is 1.67. The number of benzene rings is 1. The summed E-state index contributed by atoms with van der Waals surface area (Å²) in [7, 11) is -2.30. The van der Waals surface area contributed by atoms with Gasteiger partial charge in [-0.25, -0.2) is 0 Å². The highest BCUT2D eigenvalue weighted by atomic mass is 31.2. The molecule has 0 radical (unpaired) electrons. The standard InChI is InChI=1S/C11H13N2OP/c1-15(2,14)10-5-3-4-8-9(12)6-7-13-11(8)10/h3-7H,1-2H3,(H2,12,13). The van der Waals surface area contributed by atoms with E-state index in [9.17, 15) is 4.57 Å². The minimum atomic E-state index is -2.30. The van der Waals surface area contributed by atoms with E-state index in [1.807, 2.05) is 18.2 Å². The fraction of sp³-hybridized carbons (Fsp3) is 0.182. The third-order valence-electron chi connectivity index (χ3n) is 2.36. The van der Waals surface area contributed by atoms with E-state index in [4.69, 9.17) is 5.73 Å². The molecular formula is C11H13N2OP. The van der Waals surface area contributed by atoms with E-state index in [2.05, 4.69) is 4.98 Å². The van der Waals surface area contributed by atoms with Gasteiger partial charge in [0.15, 0.2) is 0 Å². The summed E-state index contributed by atoms with van der Waals surface area (Å²) >= 11 is 0. The lowest BCUT2D eigenvalue weighted by atomic mass is 10.2. The lowest BCUT2D eigenvalue weighted by Crippen LogP contribution is -2.06. The molecule has 0 unspecified atom stereocenters. The molecule has 4 heteroatoms. The van der Waals surface area contributed by atoms with Gasteiger partial charge < -0.3 is 10.3 Å². The van der Waals surface area contributed by atoms with Crippen LogP contribution in [0.4, 0.5) is 5.69 Å². The van der Waals surface area contributed by atoms with Crippen molar-refractivity contribution >= 4 is 29.0 Å². The Hall–Kier alpha value is -1.34. The quantitative estimate of drug-likeness (QED) is 0.748. The summed E-state index contributed by atoms with van der Waals surface area (Å²) in [4.78, 5) is 4.26. The monoisotopic (exact) mass is 220 g/mol. The molecule has 1 heterocycles. The molecule has 0 atom stereocenters. The van der Waals surface area contributed by atoms with Gasteiger partial charge in [0.05, 0.1) is 5.52 Å². The van der Waals surface area contributed by atoms with Gasteiger partial charge in [-0.05, 0) is 25.5 Å². The summed E-state index contributed by atoms with van der Waals surface area (Å²) < 4.78 is 12.1. The van der Waals surface area contributed by atoms with Crippen molar-refractivity contribution in [3.05, 3.63) is 30.5 Å². The van der Waals surface area contributed by atoms with Crippen LogP contribution in [-0.4, -0.2) is 18.3 Å². The molecule has 0 amide bonds. The van der Waals surface area contributed by atoms with Gasteiger partial charge in [0, 0.05) is 22.6 Å². The number of hydrogen-bond acceptors (Lipinski definition) is 3. The maximum atomic E-state index is 12.1. The fourth-order valence-electron chi connectivity index (χ4n) is 1.62. The third-order valence-corrected chi connectivity index (χ3v) is 3.88. The number of nitrogens with zero attached hydrogens (tertiary/aromatic N) is 1. The SMILES string of the molecule is CP(C)(=O)c1cccc2c(N)ccnc12. The van der Waals surface area contributed by atoms with E-state index in [1.165, 1.54) is 0 Å². The molecule has 1 aromatic carbocycles. The van der Waals surface area contributed by atoms with Crippen molar-refractivity contribution in [1.29, 1.82) is 0 Å². The molecule has 0 spiro atoms. The molecule has 0 saturated carbocycles. The number of aromatic nitrogens is 1. The maximum Gasteiger partial charge on any atom is 0.111 e. The predicted octanol–water partition coefficient (Wildman–Crippen LogP) is 2.06. The zero-order valence-electron chi connectivity index (χ0n) is 8.77. The molecule has 1 aromatic heterocycles. The Morgan fingerprint density at radius 1 is 1.27 bits per heavy atom. The Morgan fingerprint density at radius 3 is 2.67 bits per heavy atom. The Bertz CT molecular complexity index is 560. The fourth-order valence-corrected chi connectivity index (χ4v) is 2.75. The highest BCUT2D eigenvalue weighted by molar-refractivity contribution is 7.70. The van der Waals surface area contributed by atoms with Crippen LogP contribution in [0, 0.1) is 0 Å². The van der Waals surface area contributed by atoms with Gasteiger partial charge in [-0.1, -0.05) is 12.1 Å². The van der Waals surface area contributed by atoms with E-state index in [0.717, 1.165) is 16.2 Å². The van der Waals surface area contributed by atoms with E-state index in [-0.39, 0.29) is 0 Å². The van der Waals surface area contributed by atoms with E-state index in [0.29, 0.717) is 5.69 Å². The molecule has 0 bridgehead atoms. The molecule has 2 N–H and O–H groups in total. The van der Waals surface area contributed by atoms with E-state index in [1.54, 1.807) is 25.6 Å². The van der Waals surface area contributed by atoms with Crippen LogP contribution in [-0.2, 0) is 4.57 Å². The number of hydrogen-bond donors (Lipinski definition) is 1. The zero-order chi connectivity index (χ0) is 11.1. The smallest absolute Gasteiger partial charge is 0.111 e. The number of nitrogen functional groups attached to an aromatic ring is 1. The Kier molecular flexibility index (Phi) is 2.28. The van der Waals surface area contributed by atoms with Crippen molar-refractivity contribution < 1.29 is 4.57 Å². The van der Waals surface area contributed by atoms with Gasteiger partial charge in [-0.3, -0.25) is 4.98 Å². The second-order valence-electron chi connectivity index (χ2n) is 3.92. The Balaban J connectivity index is 2.89. The number of pyridine rings is 1. The van der Waals surface area contributed by atoms with Crippen molar-refractivity contribution in [3.63, 3.8) is 0 Å². The second-order valence-corrected chi connectivity index (χ2v) is 7.11. The second kappa shape index (κ2) is 3.35. The molecule has 0 fully saturated rings. The number of para-hydroxylation sites is 1. The van der Waals surface area contributed by atoms with Crippen LogP contribution < -0.4 is 11.0 Å². The van der Waals surface area contributed by atoms with Crippen molar-refractivity contribution in [1.82, 2.24) is 4.98 Å². The van der Waals surface area contributed by atoms with Gasteiger partial charge >= 0.3 is 0 Å². The first-order valence-corrected chi connectivity index (χ1v) is 7.29. The lowest BCUT2D eigenvalue weighted by molar-refractivity contribution is 0.588. The average Bonchev–Trinajstić information content (AvgIpc) is 2.16. The Morgan fingerprint density at radius 2 is 2.00 bits per heavy atom. The summed E-state index contributed by atoms with van der Waals surface area (Å²) in [5.41, 5.74) is 7.27. The van der Waals surface area contributed by atoms with E-state index >= 15 is 0 Å². The molecule has 0 saturated heterocycles. The first-order chi connectivity index (χ1) is 7.00. The van der Waals surface area contributed by atoms with Gasteiger partial charge in [0.1, 0.15) is 7.14 Å². The van der Waals surface area contributed by atoms with Crippen LogP contribution in [0.1, 0.15) is 0 Å². The van der Waals surface area contributed by atoms with Gasteiger partial charge in [0.2, 0.25) is 0 Å². The van der Waals surface area contributed by atoms with Gasteiger partial charge in [0.25, 0.3) is 0 Å². The highest BCUT2D eigenvalue weighted by Gasteiger charge is 2.15. The molecule has 0 aliphatic rings. The first kappa shape index (κ1) is 10.2. The summed E-state index contributed by atoms with van der Waals surface area (Å²) in [6.07, 6.45) is 1.65. The van der Waals surface area contributed by atoms with Crippen molar-refractivity contribution in [2.45, 2.75) is 0 Å². The van der Waals surface area contributed by atoms with Crippen molar-refractivity contribution in [2.75, 3.05) is 19.1 Å². The average molecular weight is 220 g/mol. The molecule has 0 aliphatic heterocycles. The third kappa shape index (κ3) is 1.75. The van der Waals surface area contributed by atoms with Crippen LogP contribution in [0.2, 0.25) is 0 Å². The number of fused-ring (bicyclic) bond motifs is 1. The Labute approximate surface area is 88.7 Å². The number of nitrogens with two attached hydrogens (primary N) is 1. The number of anilines is 1. The van der Waals surface area contributed by atoms with Crippen LogP contribution in [0.25, 0.3) is 10.9 Å². The van der Waals surface area contributed by atoms with Crippen molar-refractivity contribution in [3.8, 4) is 0 Å². The highest BCUT2D eigenvalue weighted by Crippen LogP contribution is 2.37. The molecule has 0 aliphatic carbocycles. The zero-order valence-corrected chi connectivity index (χ0v) is 9.66. The molecule has 3 nitrogen and oxygen atoms in total. The minimum Gasteiger partial charge on any atom is -0.398 e. The molecule has 15 heavy (non-hydrogen) atoms. The lowest BCUT2D eigenvalue weighted by Gasteiger charge is -2.10. The van der Waals surface area contributed by atoms with Crippen LogP contribution in [0.3, 0.4) is 0 Å². The van der Waals surface area contributed by atoms with Crippen molar-refractivity contribution in [2.24, 2.45) is 0 Å². The molecular weight excluding hydrogens is 207 g/mol. The van der Waals surface area contributed by atoms with Gasteiger partial charge in [-0.15, -0.1) is 0 Å². The summed E-state index contributed by atoms with van der Waals surface area (Å²) in [6, 6.07) is 7.38. The van der Waals surface area contributed by atoms with Crippen LogP contribution in [0.15, 0.2) is 30.5 Å². The summed E-state index contributed by atoms with van der Waals surface area (Å²) in [5.74, 6) is 0. The first-order valence-electron chi connectivity index (χ1n) is 4.69. The molecule has 2 aromatic rings. The topological polar surface area (TPSA) is 56.0 Å². The largest absolute Gasteiger partial charge is 0.398 e. The molecule has 78 valence electrons. The minimum absolute atomic E-state index is 0.676. The van der Waals surface area contributed by atoms with Gasteiger partial charge in [-0.2, -0.15) is 0 Å². The molecule has 2 rings (SSSR count). The number of rotatable bonds is 1. The maximum absolute atomic E-state index is 12.1. The van der Waals surface area contributed by atoms with Crippen LogP contribution >= 0.6 is 7.14 Å². The van der Waals surface area contributed by atoms with Crippen LogP contribution in [0.5, 0.6) is 0 Å². The van der Waals surface area contributed by atoms with E-state index < -0.39 is 7.14 Å². The normalized spacial score (nSPS) is 11.9. The predicted molar refractivity (Wildman–Crippen MR) is 65.2 cm³/mol.